The molecule has 1 aromatic heterocycles. The number of pyridine rings is 1. The Bertz CT molecular complexity index is 284. The van der Waals surface area contributed by atoms with Crippen LogP contribution in [0.5, 0.6) is 0 Å². The Labute approximate surface area is 88.6 Å². The number of aromatic nitrogens is 1. The summed E-state index contributed by atoms with van der Waals surface area (Å²) in [7, 11) is -1.18. The highest BCUT2D eigenvalue weighted by Crippen LogP contribution is 2.20. The molecule has 1 rings (SSSR count). The van der Waals surface area contributed by atoms with E-state index in [1.54, 1.807) is 5.19 Å². The lowest BCUT2D eigenvalue weighted by molar-refractivity contribution is 1.18. The van der Waals surface area contributed by atoms with E-state index in [1.165, 1.54) is 23.7 Å². The third-order valence-electron chi connectivity index (χ3n) is 3.62. The zero-order valence-corrected chi connectivity index (χ0v) is 10.8. The zero-order chi connectivity index (χ0) is 10.6. The fraction of sp³-hybridized carbons (Fsp3) is 0.583. The molecule has 1 heterocycles. The molecule has 78 valence electrons. The second kappa shape index (κ2) is 4.74. The van der Waals surface area contributed by atoms with Crippen molar-refractivity contribution in [3.8, 4) is 0 Å². The number of nitrogens with zero attached hydrogens (tertiary/aromatic N) is 1. The second-order valence-corrected chi connectivity index (χ2v) is 9.25. The predicted octanol–water partition coefficient (Wildman–Crippen LogP) is 3.11. The van der Waals surface area contributed by atoms with Crippen molar-refractivity contribution in [2.24, 2.45) is 0 Å². The molecular formula is C12H21NSi. The Morgan fingerprint density at radius 2 is 1.71 bits per heavy atom. The molecule has 0 radical (unpaired) electrons. The van der Waals surface area contributed by atoms with Gasteiger partial charge >= 0.3 is 0 Å². The average molecular weight is 207 g/mol. The SMILES string of the molecule is CC[Si](CC)(CC)c1ccncc1C. The third kappa shape index (κ3) is 1.90. The number of hydrogen-bond donors (Lipinski definition) is 0. The summed E-state index contributed by atoms with van der Waals surface area (Å²) in [5.41, 5.74) is 1.39. The van der Waals surface area contributed by atoms with Crippen molar-refractivity contribution >= 4 is 13.3 Å². The monoisotopic (exact) mass is 207 g/mol. The minimum Gasteiger partial charge on any atom is -0.264 e. The molecule has 0 aromatic carbocycles. The molecule has 0 fully saturated rings. The van der Waals surface area contributed by atoms with E-state index < -0.39 is 8.07 Å². The van der Waals surface area contributed by atoms with E-state index in [4.69, 9.17) is 0 Å². The van der Waals surface area contributed by atoms with Gasteiger partial charge in [-0.1, -0.05) is 44.1 Å². The molecule has 0 saturated heterocycles. The molecule has 0 aliphatic carbocycles. The summed E-state index contributed by atoms with van der Waals surface area (Å²) in [5.74, 6) is 0. The maximum Gasteiger partial charge on any atom is 0.0864 e. The van der Waals surface area contributed by atoms with E-state index in [9.17, 15) is 0 Å². The van der Waals surface area contributed by atoms with Crippen molar-refractivity contribution in [1.82, 2.24) is 4.98 Å². The van der Waals surface area contributed by atoms with Gasteiger partial charge in [-0.25, -0.2) is 0 Å². The highest BCUT2D eigenvalue weighted by molar-refractivity contribution is 6.92. The van der Waals surface area contributed by atoms with Gasteiger partial charge < -0.3 is 0 Å². The maximum atomic E-state index is 4.18. The van der Waals surface area contributed by atoms with Crippen LogP contribution in [-0.4, -0.2) is 13.1 Å². The van der Waals surface area contributed by atoms with Gasteiger partial charge in [0.15, 0.2) is 0 Å². The summed E-state index contributed by atoms with van der Waals surface area (Å²) >= 11 is 0. The van der Waals surface area contributed by atoms with E-state index in [0.29, 0.717) is 0 Å². The van der Waals surface area contributed by atoms with E-state index in [0.717, 1.165) is 0 Å². The van der Waals surface area contributed by atoms with E-state index in [2.05, 4.69) is 38.7 Å². The summed E-state index contributed by atoms with van der Waals surface area (Å²) in [6.07, 6.45) is 3.96. The van der Waals surface area contributed by atoms with Crippen molar-refractivity contribution in [2.75, 3.05) is 0 Å². The lowest BCUT2D eigenvalue weighted by Crippen LogP contribution is -2.47. The first-order chi connectivity index (χ1) is 6.70. The summed E-state index contributed by atoms with van der Waals surface area (Å²) < 4.78 is 0. The highest BCUT2D eigenvalue weighted by atomic mass is 28.3. The lowest BCUT2D eigenvalue weighted by atomic mass is 10.3. The third-order valence-corrected chi connectivity index (χ3v) is 9.39. The summed E-state index contributed by atoms with van der Waals surface area (Å²) in [4.78, 5) is 4.18. The molecule has 0 bridgehead atoms. The number of rotatable bonds is 4. The van der Waals surface area contributed by atoms with E-state index in [1.807, 2.05) is 12.4 Å². The molecule has 2 heteroatoms. The molecular weight excluding hydrogens is 186 g/mol. The maximum absolute atomic E-state index is 4.18. The van der Waals surface area contributed by atoms with Crippen molar-refractivity contribution in [1.29, 1.82) is 0 Å². The van der Waals surface area contributed by atoms with E-state index in [-0.39, 0.29) is 0 Å². The van der Waals surface area contributed by atoms with Crippen LogP contribution in [0.15, 0.2) is 18.5 Å². The average Bonchev–Trinajstić information content (AvgIpc) is 2.24. The van der Waals surface area contributed by atoms with Crippen LogP contribution in [0.3, 0.4) is 0 Å². The van der Waals surface area contributed by atoms with Crippen molar-refractivity contribution in [2.45, 2.75) is 45.8 Å². The van der Waals surface area contributed by atoms with Gasteiger partial charge in [-0.15, -0.1) is 0 Å². The fourth-order valence-corrected chi connectivity index (χ4v) is 6.36. The van der Waals surface area contributed by atoms with Gasteiger partial charge in [0.25, 0.3) is 0 Å². The standard InChI is InChI=1S/C12H21NSi/c1-5-14(6-2,7-3)12-8-9-13-10-11(12)4/h8-10H,5-7H2,1-4H3. The van der Waals surface area contributed by atoms with Crippen molar-refractivity contribution in [3.05, 3.63) is 24.0 Å². The van der Waals surface area contributed by atoms with Crippen LogP contribution in [0.2, 0.25) is 18.1 Å². The summed E-state index contributed by atoms with van der Waals surface area (Å²) in [6, 6.07) is 6.30. The molecule has 0 amide bonds. The van der Waals surface area contributed by atoms with Crippen LogP contribution in [0.1, 0.15) is 26.3 Å². The predicted molar refractivity (Wildman–Crippen MR) is 65.8 cm³/mol. The first-order valence-corrected chi connectivity index (χ1v) is 8.23. The van der Waals surface area contributed by atoms with Crippen LogP contribution in [0, 0.1) is 6.92 Å². The second-order valence-electron chi connectivity index (χ2n) is 4.03. The molecule has 1 aromatic rings. The lowest BCUT2D eigenvalue weighted by Gasteiger charge is -2.29. The Kier molecular flexibility index (Phi) is 3.87. The topological polar surface area (TPSA) is 12.9 Å². The first-order valence-electron chi connectivity index (χ1n) is 5.61. The summed E-state index contributed by atoms with van der Waals surface area (Å²) in [6.45, 7) is 9.24. The van der Waals surface area contributed by atoms with Crippen LogP contribution < -0.4 is 5.19 Å². The molecule has 0 spiro atoms. The molecule has 0 N–H and O–H groups in total. The van der Waals surface area contributed by atoms with Crippen molar-refractivity contribution < 1.29 is 0 Å². The minimum atomic E-state index is -1.18. The van der Waals surface area contributed by atoms with Gasteiger partial charge in [0.1, 0.15) is 0 Å². The summed E-state index contributed by atoms with van der Waals surface area (Å²) in [5, 5.41) is 1.63. The van der Waals surface area contributed by atoms with Crippen LogP contribution >= 0.6 is 0 Å². The molecule has 0 aliphatic rings. The largest absolute Gasteiger partial charge is 0.264 e. The van der Waals surface area contributed by atoms with Gasteiger partial charge in [-0.3, -0.25) is 4.98 Å². The molecule has 0 unspecified atom stereocenters. The Balaban J connectivity index is 3.17. The quantitative estimate of drug-likeness (QED) is 0.691. The van der Waals surface area contributed by atoms with Gasteiger partial charge in [-0.2, -0.15) is 0 Å². The number of hydrogen-bond acceptors (Lipinski definition) is 1. The van der Waals surface area contributed by atoms with Gasteiger partial charge in [-0.05, 0) is 18.6 Å². The van der Waals surface area contributed by atoms with Crippen LogP contribution in [0.4, 0.5) is 0 Å². The molecule has 0 atom stereocenters. The van der Waals surface area contributed by atoms with Crippen LogP contribution in [0.25, 0.3) is 0 Å². The molecule has 14 heavy (non-hydrogen) atoms. The normalized spacial score (nSPS) is 11.7. The smallest absolute Gasteiger partial charge is 0.0864 e. The van der Waals surface area contributed by atoms with Crippen LogP contribution in [-0.2, 0) is 0 Å². The molecule has 1 nitrogen and oxygen atoms in total. The minimum absolute atomic E-state index is 1.18. The van der Waals surface area contributed by atoms with E-state index >= 15 is 0 Å². The van der Waals surface area contributed by atoms with Gasteiger partial charge in [0.05, 0.1) is 8.07 Å². The van der Waals surface area contributed by atoms with Gasteiger partial charge in [0, 0.05) is 12.4 Å². The first kappa shape index (κ1) is 11.4. The Morgan fingerprint density at radius 3 is 2.14 bits per heavy atom. The molecule has 0 saturated carbocycles. The fourth-order valence-electron chi connectivity index (χ4n) is 2.39. The highest BCUT2D eigenvalue weighted by Gasteiger charge is 2.30. The Morgan fingerprint density at radius 1 is 1.14 bits per heavy atom. The Hall–Kier alpha value is -0.633. The number of aryl methyl sites for hydroxylation is 1. The molecule has 0 aliphatic heterocycles. The van der Waals surface area contributed by atoms with Gasteiger partial charge in [0.2, 0.25) is 0 Å². The van der Waals surface area contributed by atoms with Crippen molar-refractivity contribution in [3.63, 3.8) is 0 Å². The zero-order valence-electron chi connectivity index (χ0n) is 9.80.